The summed E-state index contributed by atoms with van der Waals surface area (Å²) in [6.07, 6.45) is 1.95. The second-order valence-electron chi connectivity index (χ2n) is 5.64. The molecule has 2 rings (SSSR count). The van der Waals surface area contributed by atoms with Crippen molar-refractivity contribution in [2.24, 2.45) is 5.41 Å². The van der Waals surface area contributed by atoms with Crippen molar-refractivity contribution in [2.45, 2.75) is 33.1 Å². The van der Waals surface area contributed by atoms with Crippen molar-refractivity contribution in [3.63, 3.8) is 0 Å². The zero-order valence-electron chi connectivity index (χ0n) is 12.1. The molecule has 1 atom stereocenters. The number of carbonyl (C=O) groups excluding carboxylic acids is 1. The number of piperidine rings is 1. The zero-order valence-corrected chi connectivity index (χ0v) is 12.1. The molecule has 0 saturated carbocycles. The molecule has 0 radical (unpaired) electrons. The van der Waals surface area contributed by atoms with E-state index in [4.69, 9.17) is 0 Å². The molecular weight excluding hydrogens is 254 g/mol. The Morgan fingerprint density at radius 2 is 2.15 bits per heavy atom. The van der Waals surface area contributed by atoms with Gasteiger partial charge in [-0.3, -0.25) is 9.59 Å². The fourth-order valence-electron chi connectivity index (χ4n) is 2.88. The Morgan fingerprint density at radius 1 is 1.40 bits per heavy atom. The maximum atomic E-state index is 12.5. The van der Waals surface area contributed by atoms with Gasteiger partial charge in [-0.1, -0.05) is 24.6 Å². The molecule has 4 nitrogen and oxygen atoms in total. The van der Waals surface area contributed by atoms with E-state index in [-0.39, 0.29) is 5.91 Å². The number of carbonyl (C=O) groups is 2. The van der Waals surface area contributed by atoms with Gasteiger partial charge in [0.1, 0.15) is 0 Å². The Hall–Kier alpha value is -1.84. The van der Waals surface area contributed by atoms with Crippen LogP contribution in [0.15, 0.2) is 24.3 Å². The van der Waals surface area contributed by atoms with Crippen LogP contribution in [-0.4, -0.2) is 35.0 Å². The van der Waals surface area contributed by atoms with E-state index in [1.54, 1.807) is 11.0 Å². The van der Waals surface area contributed by atoms with Crippen molar-refractivity contribution in [1.29, 1.82) is 0 Å². The Kier molecular flexibility index (Phi) is 4.12. The summed E-state index contributed by atoms with van der Waals surface area (Å²) in [5, 5.41) is 9.47. The first kappa shape index (κ1) is 14.6. The standard InChI is InChI=1S/C16H21NO3/c1-3-16(15(19)20)8-5-9-17(11-16)14(18)13-7-4-6-12(2)10-13/h4,6-7,10H,3,5,8-9,11H2,1-2H3,(H,19,20). The minimum Gasteiger partial charge on any atom is -0.481 e. The molecule has 1 fully saturated rings. The molecule has 0 aliphatic carbocycles. The first-order chi connectivity index (χ1) is 9.48. The molecular formula is C16H21NO3. The molecule has 1 aromatic carbocycles. The summed E-state index contributed by atoms with van der Waals surface area (Å²) >= 11 is 0. The van der Waals surface area contributed by atoms with Crippen LogP contribution < -0.4 is 0 Å². The third-order valence-electron chi connectivity index (χ3n) is 4.26. The molecule has 1 unspecified atom stereocenters. The topological polar surface area (TPSA) is 57.6 Å². The molecule has 1 saturated heterocycles. The lowest BCUT2D eigenvalue weighted by Crippen LogP contribution is -2.49. The summed E-state index contributed by atoms with van der Waals surface area (Å²) in [6, 6.07) is 7.45. The predicted octanol–water partition coefficient (Wildman–Crippen LogP) is 2.71. The average molecular weight is 275 g/mol. The molecule has 20 heavy (non-hydrogen) atoms. The number of aryl methyl sites for hydroxylation is 1. The Morgan fingerprint density at radius 3 is 2.75 bits per heavy atom. The van der Waals surface area contributed by atoms with Gasteiger partial charge in [0.2, 0.25) is 0 Å². The lowest BCUT2D eigenvalue weighted by molar-refractivity contribution is -0.152. The molecule has 1 aromatic rings. The van der Waals surface area contributed by atoms with Gasteiger partial charge >= 0.3 is 5.97 Å². The summed E-state index contributed by atoms with van der Waals surface area (Å²) in [7, 11) is 0. The van der Waals surface area contributed by atoms with Crippen LogP contribution in [0, 0.1) is 12.3 Å². The monoisotopic (exact) mass is 275 g/mol. The van der Waals surface area contributed by atoms with E-state index in [9.17, 15) is 14.7 Å². The molecule has 1 amide bonds. The molecule has 4 heteroatoms. The number of aliphatic carboxylic acids is 1. The third kappa shape index (κ3) is 2.69. The number of carboxylic acids is 1. The molecule has 1 aliphatic heterocycles. The number of carboxylic acid groups (broad SMARTS) is 1. The Labute approximate surface area is 119 Å². The summed E-state index contributed by atoms with van der Waals surface area (Å²) in [5.74, 6) is -0.853. The fourth-order valence-corrected chi connectivity index (χ4v) is 2.88. The van der Waals surface area contributed by atoms with Crippen LogP contribution in [-0.2, 0) is 4.79 Å². The number of hydrogen-bond donors (Lipinski definition) is 1. The van der Waals surface area contributed by atoms with Crippen LogP contribution in [0.1, 0.15) is 42.1 Å². The van der Waals surface area contributed by atoms with Gasteiger partial charge < -0.3 is 10.0 Å². The third-order valence-corrected chi connectivity index (χ3v) is 4.26. The van der Waals surface area contributed by atoms with Gasteiger partial charge in [0.25, 0.3) is 5.91 Å². The predicted molar refractivity (Wildman–Crippen MR) is 76.7 cm³/mol. The van der Waals surface area contributed by atoms with E-state index in [0.29, 0.717) is 31.5 Å². The highest BCUT2D eigenvalue weighted by Crippen LogP contribution is 2.34. The van der Waals surface area contributed by atoms with Crippen LogP contribution in [0.4, 0.5) is 0 Å². The summed E-state index contributed by atoms with van der Waals surface area (Å²) < 4.78 is 0. The lowest BCUT2D eigenvalue weighted by atomic mass is 9.77. The van der Waals surface area contributed by atoms with Crippen LogP contribution in [0.3, 0.4) is 0 Å². The van der Waals surface area contributed by atoms with Crippen LogP contribution in [0.25, 0.3) is 0 Å². The highest BCUT2D eigenvalue weighted by Gasteiger charge is 2.42. The van der Waals surface area contributed by atoms with Crippen molar-refractivity contribution in [3.8, 4) is 0 Å². The second kappa shape index (κ2) is 5.65. The van der Waals surface area contributed by atoms with E-state index in [1.165, 1.54) is 0 Å². The van der Waals surface area contributed by atoms with Gasteiger partial charge in [-0.05, 0) is 38.3 Å². The Balaban J connectivity index is 2.21. The quantitative estimate of drug-likeness (QED) is 0.922. The van der Waals surface area contributed by atoms with Crippen molar-refractivity contribution >= 4 is 11.9 Å². The van der Waals surface area contributed by atoms with Crippen LogP contribution in [0.5, 0.6) is 0 Å². The molecule has 1 heterocycles. The minimum atomic E-state index is -0.790. The SMILES string of the molecule is CCC1(C(=O)O)CCCN(C(=O)c2cccc(C)c2)C1. The van der Waals surface area contributed by atoms with Gasteiger partial charge in [0.05, 0.1) is 5.41 Å². The summed E-state index contributed by atoms with van der Waals surface area (Å²) in [6.45, 7) is 4.78. The van der Waals surface area contributed by atoms with Gasteiger partial charge in [-0.25, -0.2) is 0 Å². The smallest absolute Gasteiger partial charge is 0.311 e. The molecule has 1 N–H and O–H groups in total. The fraction of sp³-hybridized carbons (Fsp3) is 0.500. The maximum absolute atomic E-state index is 12.5. The zero-order chi connectivity index (χ0) is 14.8. The average Bonchev–Trinajstić information content (AvgIpc) is 2.46. The first-order valence-electron chi connectivity index (χ1n) is 7.08. The molecule has 108 valence electrons. The maximum Gasteiger partial charge on any atom is 0.311 e. The van der Waals surface area contributed by atoms with Gasteiger partial charge in [-0.2, -0.15) is 0 Å². The van der Waals surface area contributed by atoms with Crippen molar-refractivity contribution in [3.05, 3.63) is 35.4 Å². The van der Waals surface area contributed by atoms with E-state index in [0.717, 1.165) is 12.0 Å². The van der Waals surface area contributed by atoms with E-state index in [1.807, 2.05) is 32.0 Å². The van der Waals surface area contributed by atoms with Gasteiger partial charge in [0.15, 0.2) is 0 Å². The highest BCUT2D eigenvalue weighted by atomic mass is 16.4. The van der Waals surface area contributed by atoms with Crippen LogP contribution in [0.2, 0.25) is 0 Å². The number of benzene rings is 1. The molecule has 1 aliphatic rings. The summed E-state index contributed by atoms with van der Waals surface area (Å²) in [4.78, 5) is 25.7. The number of likely N-dealkylation sites (tertiary alicyclic amines) is 1. The molecule has 0 spiro atoms. The summed E-state index contributed by atoms with van der Waals surface area (Å²) in [5.41, 5.74) is 0.896. The van der Waals surface area contributed by atoms with E-state index < -0.39 is 11.4 Å². The number of rotatable bonds is 3. The normalized spacial score (nSPS) is 22.6. The molecule has 0 bridgehead atoms. The number of hydrogen-bond acceptors (Lipinski definition) is 2. The second-order valence-corrected chi connectivity index (χ2v) is 5.64. The van der Waals surface area contributed by atoms with Gasteiger partial charge in [0, 0.05) is 18.7 Å². The Bertz CT molecular complexity index is 526. The van der Waals surface area contributed by atoms with E-state index >= 15 is 0 Å². The molecule has 0 aromatic heterocycles. The van der Waals surface area contributed by atoms with Crippen molar-refractivity contribution in [1.82, 2.24) is 4.90 Å². The van der Waals surface area contributed by atoms with Crippen molar-refractivity contribution < 1.29 is 14.7 Å². The minimum absolute atomic E-state index is 0.0625. The van der Waals surface area contributed by atoms with E-state index in [2.05, 4.69) is 0 Å². The van der Waals surface area contributed by atoms with Crippen LogP contribution >= 0.6 is 0 Å². The van der Waals surface area contributed by atoms with Gasteiger partial charge in [-0.15, -0.1) is 0 Å². The number of nitrogens with zero attached hydrogens (tertiary/aromatic N) is 1. The highest BCUT2D eigenvalue weighted by molar-refractivity contribution is 5.95. The largest absolute Gasteiger partial charge is 0.481 e. The lowest BCUT2D eigenvalue weighted by Gasteiger charge is -2.39. The number of amides is 1. The first-order valence-corrected chi connectivity index (χ1v) is 7.08. The van der Waals surface area contributed by atoms with Crippen molar-refractivity contribution in [2.75, 3.05) is 13.1 Å².